The molecule has 0 aliphatic rings. The number of unbranched alkanes of at least 4 members (excludes halogenated alkanes) is 8. The summed E-state index contributed by atoms with van der Waals surface area (Å²) < 4.78 is 4.79. The van der Waals surface area contributed by atoms with E-state index in [9.17, 15) is 9.59 Å². The van der Waals surface area contributed by atoms with Gasteiger partial charge in [0.2, 0.25) is 0 Å². The fourth-order valence-corrected chi connectivity index (χ4v) is 1.97. The number of carbonyl (C=O) groups is 2. The molecule has 0 spiro atoms. The summed E-state index contributed by atoms with van der Waals surface area (Å²) in [6.07, 6.45) is 11.7. The van der Waals surface area contributed by atoms with Crippen LogP contribution in [-0.2, 0) is 33.8 Å². The van der Waals surface area contributed by atoms with Gasteiger partial charge in [0.25, 0.3) is 0 Å². The zero-order valence-corrected chi connectivity index (χ0v) is 21.1. The van der Waals surface area contributed by atoms with Gasteiger partial charge >= 0.3 is 36.4 Å². The van der Waals surface area contributed by atoms with Crippen LogP contribution in [0.5, 0.6) is 0 Å². The SMILES string of the molecule is CCCCCCCC(=O)OC(=O)CCCCCCC.[SbH3].[Zn]. The van der Waals surface area contributed by atoms with Crippen LogP contribution < -0.4 is 0 Å². The molecule has 0 aromatic carbocycles. The van der Waals surface area contributed by atoms with Gasteiger partial charge in [-0.3, -0.25) is 9.59 Å². The van der Waals surface area contributed by atoms with Crippen LogP contribution in [0.25, 0.3) is 0 Å². The van der Waals surface area contributed by atoms with Crippen molar-refractivity contribution in [3.63, 3.8) is 0 Å². The number of ether oxygens (including phenoxy) is 1. The number of rotatable bonds is 12. The van der Waals surface area contributed by atoms with Crippen molar-refractivity contribution >= 4 is 36.4 Å². The number of esters is 2. The third-order valence-corrected chi connectivity index (χ3v) is 3.20. The average Bonchev–Trinajstić information content (AvgIpc) is 2.38. The first kappa shape index (κ1) is 26.5. The molecule has 0 aliphatic carbocycles. The average molecular weight is 461 g/mol. The van der Waals surface area contributed by atoms with Crippen molar-refractivity contribution in [3.05, 3.63) is 0 Å². The van der Waals surface area contributed by atoms with Crippen LogP contribution in [0.3, 0.4) is 0 Å². The Balaban J connectivity index is -0.00000162. The predicted molar refractivity (Wildman–Crippen MR) is 87.8 cm³/mol. The first-order valence-corrected chi connectivity index (χ1v) is 7.94. The molecule has 0 heterocycles. The number of carbonyl (C=O) groups excluding carboxylic acids is 2. The number of hydrogen-bond donors (Lipinski definition) is 0. The Morgan fingerprint density at radius 3 is 1.33 bits per heavy atom. The summed E-state index contributed by atoms with van der Waals surface area (Å²) in [7, 11) is 0. The molecule has 0 amide bonds. The summed E-state index contributed by atoms with van der Waals surface area (Å²) in [6, 6.07) is 0. The molecule has 3 nitrogen and oxygen atoms in total. The standard InChI is InChI=1S/C16H30O3.Sb.Zn.3H/c1-3-5-7-9-11-13-15(17)19-16(18)14-12-10-8-6-4-2;;;;;/h3-14H2,1-2H3;;;;;. The van der Waals surface area contributed by atoms with Crippen molar-refractivity contribution in [2.75, 3.05) is 0 Å². The van der Waals surface area contributed by atoms with Gasteiger partial charge in [-0.1, -0.05) is 65.2 Å². The third kappa shape index (κ3) is 20.6. The zero-order valence-electron chi connectivity index (χ0n) is 14.1. The Labute approximate surface area is 160 Å². The van der Waals surface area contributed by atoms with E-state index in [4.69, 9.17) is 4.74 Å². The van der Waals surface area contributed by atoms with Gasteiger partial charge in [-0.25, -0.2) is 0 Å². The maximum atomic E-state index is 11.4. The predicted octanol–water partition coefficient (Wildman–Crippen LogP) is 3.59. The van der Waals surface area contributed by atoms with Crippen molar-refractivity contribution in [1.82, 2.24) is 0 Å². The van der Waals surface area contributed by atoms with Crippen molar-refractivity contribution in [2.24, 2.45) is 0 Å². The molecule has 0 bridgehead atoms. The van der Waals surface area contributed by atoms with Gasteiger partial charge in [0, 0.05) is 32.3 Å². The van der Waals surface area contributed by atoms with Crippen molar-refractivity contribution < 1.29 is 33.8 Å². The second kappa shape index (κ2) is 20.6. The van der Waals surface area contributed by atoms with Crippen LogP contribution in [0.1, 0.15) is 90.9 Å². The van der Waals surface area contributed by atoms with Gasteiger partial charge in [0.15, 0.2) is 0 Å². The first-order valence-electron chi connectivity index (χ1n) is 7.94. The Bertz CT molecular complexity index is 224. The van der Waals surface area contributed by atoms with E-state index in [1.165, 1.54) is 25.7 Å². The molecule has 0 rings (SSSR count). The maximum absolute atomic E-state index is 11.4. The minimum Gasteiger partial charge on any atom is 0 e. The van der Waals surface area contributed by atoms with E-state index in [1.807, 2.05) is 0 Å². The molecule has 0 saturated heterocycles. The summed E-state index contributed by atoms with van der Waals surface area (Å²) in [4.78, 5) is 22.8. The second-order valence-electron chi connectivity index (χ2n) is 5.17. The fourth-order valence-electron chi connectivity index (χ4n) is 1.97. The van der Waals surface area contributed by atoms with Crippen LogP contribution >= 0.6 is 0 Å². The van der Waals surface area contributed by atoms with Gasteiger partial charge in [-0.2, -0.15) is 0 Å². The molecule has 0 aromatic heterocycles. The van der Waals surface area contributed by atoms with Gasteiger partial charge in [0.1, 0.15) is 0 Å². The number of hydrogen-bond acceptors (Lipinski definition) is 3. The molecule has 0 unspecified atom stereocenters. The van der Waals surface area contributed by atoms with Gasteiger partial charge in [-0.15, -0.1) is 0 Å². The molecule has 0 N–H and O–H groups in total. The van der Waals surface area contributed by atoms with Crippen molar-refractivity contribution in [3.8, 4) is 0 Å². The molecule has 5 heteroatoms. The molecule has 0 saturated carbocycles. The molecular weight excluding hydrogens is 427 g/mol. The second-order valence-corrected chi connectivity index (χ2v) is 5.17. The minimum absolute atomic E-state index is 0. The Morgan fingerprint density at radius 1 is 0.667 bits per heavy atom. The maximum Gasteiger partial charge on any atom is 0 e. The normalized spacial score (nSPS) is 9.43. The van der Waals surface area contributed by atoms with Gasteiger partial charge in [0.05, 0.1) is 0 Å². The quantitative estimate of drug-likeness (QED) is 0.194. The van der Waals surface area contributed by atoms with E-state index < -0.39 is 0 Å². The van der Waals surface area contributed by atoms with Crippen molar-refractivity contribution in [1.29, 1.82) is 0 Å². The molecule has 21 heavy (non-hydrogen) atoms. The topological polar surface area (TPSA) is 43.4 Å². The summed E-state index contributed by atoms with van der Waals surface area (Å²) in [6.45, 7) is 4.32. The van der Waals surface area contributed by atoms with E-state index >= 15 is 0 Å². The van der Waals surface area contributed by atoms with E-state index in [0.717, 1.165) is 38.5 Å². The van der Waals surface area contributed by atoms with Crippen molar-refractivity contribution in [2.45, 2.75) is 90.9 Å². The molecule has 0 aliphatic heterocycles. The molecular formula is C16H33O3SbZn. The van der Waals surface area contributed by atoms with Crippen LogP contribution in [0.15, 0.2) is 0 Å². The van der Waals surface area contributed by atoms with Crippen LogP contribution in [0.2, 0.25) is 0 Å². The molecule has 0 fully saturated rings. The van der Waals surface area contributed by atoms with E-state index in [1.54, 1.807) is 0 Å². The molecule has 0 radical (unpaired) electrons. The van der Waals surface area contributed by atoms with E-state index in [0.29, 0.717) is 12.8 Å². The third-order valence-electron chi connectivity index (χ3n) is 3.20. The largest absolute Gasteiger partial charge is 0 e. The van der Waals surface area contributed by atoms with Gasteiger partial charge in [-0.05, 0) is 12.8 Å². The first-order chi connectivity index (χ1) is 9.20. The summed E-state index contributed by atoms with van der Waals surface area (Å²) in [5.74, 6) is -0.704. The van der Waals surface area contributed by atoms with Crippen LogP contribution in [0.4, 0.5) is 0 Å². The van der Waals surface area contributed by atoms with E-state index in [-0.39, 0.29) is 55.8 Å². The molecule has 0 aromatic rings. The smallest absolute Gasteiger partial charge is 0 e. The Hall–Kier alpha value is 0.582. The minimum atomic E-state index is -0.352. The fraction of sp³-hybridized carbons (Fsp3) is 0.875. The molecule has 0 atom stereocenters. The Kier molecular flexibility index (Phi) is 25.9. The van der Waals surface area contributed by atoms with Crippen LogP contribution in [-0.4, -0.2) is 36.4 Å². The molecule has 122 valence electrons. The monoisotopic (exact) mass is 458 g/mol. The Morgan fingerprint density at radius 2 is 1.00 bits per heavy atom. The van der Waals surface area contributed by atoms with E-state index in [2.05, 4.69) is 13.8 Å². The summed E-state index contributed by atoms with van der Waals surface area (Å²) in [5, 5.41) is 0. The summed E-state index contributed by atoms with van der Waals surface area (Å²) in [5.41, 5.74) is 0. The summed E-state index contributed by atoms with van der Waals surface area (Å²) >= 11 is 0. The van der Waals surface area contributed by atoms with Crippen LogP contribution in [0, 0.1) is 0 Å². The zero-order chi connectivity index (χ0) is 14.3. The van der Waals surface area contributed by atoms with Gasteiger partial charge < -0.3 is 4.74 Å².